The molecule has 0 unspecified atom stereocenters. The molecule has 0 aromatic heterocycles. The number of nitrogens with zero attached hydrogens (tertiary/aromatic N) is 4. The Morgan fingerprint density at radius 1 is 1.21 bits per heavy atom. The zero-order valence-corrected chi connectivity index (χ0v) is 14.3. The van der Waals surface area contributed by atoms with E-state index in [4.69, 9.17) is 0 Å². The van der Waals surface area contributed by atoms with Crippen molar-refractivity contribution < 1.29 is 9.67 Å². The predicted molar refractivity (Wildman–Crippen MR) is 90.3 cm³/mol. The van der Waals surface area contributed by atoms with Gasteiger partial charge in [0.15, 0.2) is 0 Å². The number of aromatic nitrogens is 4. The number of hydrogen-bond donors (Lipinski definition) is 1. The van der Waals surface area contributed by atoms with Crippen molar-refractivity contribution >= 4 is 11.0 Å². The number of aliphatic hydroxyl groups is 1. The molecule has 1 aromatic rings. The number of aryl methyl sites for hydroxylation is 3. The van der Waals surface area contributed by atoms with E-state index in [9.17, 15) is 14.7 Å². The zero-order chi connectivity index (χ0) is 17.6. The normalized spacial score (nSPS) is 11.5. The van der Waals surface area contributed by atoms with Gasteiger partial charge >= 0.3 is 16.9 Å². The Morgan fingerprint density at radius 2 is 1.88 bits per heavy atom. The molecule has 1 N–H and O–H groups in total. The molecule has 0 saturated heterocycles. The lowest BCUT2D eigenvalue weighted by atomic mass is 10.1. The molecule has 0 aliphatic carbocycles. The third-order valence-electron chi connectivity index (χ3n) is 4.55. The molecule has 126 valence electrons. The van der Waals surface area contributed by atoms with E-state index in [2.05, 4.69) is 4.98 Å². The molecule has 0 amide bonds. The van der Waals surface area contributed by atoms with Crippen molar-refractivity contribution in [2.24, 2.45) is 7.05 Å². The van der Waals surface area contributed by atoms with Crippen LogP contribution in [0.5, 0.6) is 0 Å². The fourth-order valence-electron chi connectivity index (χ4n) is 3.09. The van der Waals surface area contributed by atoms with E-state index in [1.807, 2.05) is 37.5 Å². The summed E-state index contributed by atoms with van der Waals surface area (Å²) < 4.78 is 4.66. The van der Waals surface area contributed by atoms with Crippen LogP contribution in [0.25, 0.3) is 22.6 Å². The zero-order valence-electron chi connectivity index (χ0n) is 14.3. The fraction of sp³-hybridized carbons (Fsp3) is 0.412. The highest BCUT2D eigenvalue weighted by atomic mass is 16.3. The highest BCUT2D eigenvalue weighted by molar-refractivity contribution is 5.77. The van der Waals surface area contributed by atoms with E-state index >= 15 is 0 Å². The Balaban J connectivity index is 2.68. The van der Waals surface area contributed by atoms with Crippen molar-refractivity contribution in [2.45, 2.75) is 33.9 Å². The van der Waals surface area contributed by atoms with E-state index in [-0.39, 0.29) is 18.7 Å². The first-order valence-electron chi connectivity index (χ1n) is 7.95. The van der Waals surface area contributed by atoms with Crippen molar-refractivity contribution in [3.63, 3.8) is 0 Å². The van der Waals surface area contributed by atoms with E-state index in [0.717, 1.165) is 26.7 Å². The third-order valence-corrected chi connectivity index (χ3v) is 4.55. The Labute approximate surface area is 138 Å². The van der Waals surface area contributed by atoms with Crippen molar-refractivity contribution in [3.05, 3.63) is 44.1 Å². The first-order chi connectivity index (χ1) is 11.4. The Bertz CT molecular complexity index is 1030. The minimum atomic E-state index is -0.593. The van der Waals surface area contributed by atoms with Gasteiger partial charge in [0, 0.05) is 19.7 Å². The molecule has 0 saturated carbocycles. The summed E-state index contributed by atoms with van der Waals surface area (Å²) in [4.78, 5) is 28.8. The van der Waals surface area contributed by atoms with Crippen LogP contribution in [-0.4, -0.2) is 25.8 Å². The monoisotopic (exact) mass is 329 g/mol. The third kappa shape index (κ3) is 2.24. The van der Waals surface area contributed by atoms with Crippen LogP contribution in [0.15, 0.2) is 21.7 Å². The van der Waals surface area contributed by atoms with Gasteiger partial charge in [0.05, 0.1) is 6.61 Å². The number of hydrogen-bond acceptors (Lipinski definition) is 4. The highest BCUT2D eigenvalue weighted by Crippen LogP contribution is 2.22. The maximum absolute atomic E-state index is 12.7. The van der Waals surface area contributed by atoms with E-state index in [1.54, 1.807) is 4.57 Å². The van der Waals surface area contributed by atoms with Crippen LogP contribution in [-0.2, 0) is 20.1 Å². The lowest BCUT2D eigenvalue weighted by Gasteiger charge is -2.17. The topological polar surface area (TPSA) is 81.0 Å². The second-order valence-corrected chi connectivity index (χ2v) is 5.98. The first kappa shape index (κ1) is 16.3. The molecule has 3 rings (SSSR count). The maximum atomic E-state index is 12.7. The smallest absolute Gasteiger partial charge is 0.352 e. The predicted octanol–water partition coefficient (Wildman–Crippen LogP) is 0.117. The average molecular weight is 329 g/mol. The SMILES string of the molecule is CC[n+]1c2c(=O)n(C)c(=O)nc-2n(CCO)c2cc(C)c(C)cc21. The summed E-state index contributed by atoms with van der Waals surface area (Å²) in [5, 5.41) is 9.47. The Hall–Kier alpha value is -2.54. The van der Waals surface area contributed by atoms with Gasteiger partial charge < -0.3 is 9.67 Å². The second kappa shape index (κ2) is 5.83. The van der Waals surface area contributed by atoms with Crippen LogP contribution < -0.4 is 15.8 Å². The summed E-state index contributed by atoms with van der Waals surface area (Å²) in [7, 11) is 1.43. The van der Waals surface area contributed by atoms with Gasteiger partial charge in [0.2, 0.25) is 11.3 Å². The summed E-state index contributed by atoms with van der Waals surface area (Å²) >= 11 is 0. The molecule has 0 bridgehead atoms. The van der Waals surface area contributed by atoms with Crippen molar-refractivity contribution in [1.29, 1.82) is 0 Å². The van der Waals surface area contributed by atoms with Gasteiger partial charge in [-0.2, -0.15) is 9.55 Å². The molecule has 0 radical (unpaired) electrons. The molecular weight excluding hydrogens is 308 g/mol. The van der Waals surface area contributed by atoms with Gasteiger partial charge in [-0.1, -0.05) is 0 Å². The maximum Gasteiger partial charge on any atom is 0.352 e. The van der Waals surface area contributed by atoms with E-state index in [1.165, 1.54) is 7.05 Å². The van der Waals surface area contributed by atoms with Gasteiger partial charge in [-0.15, -0.1) is 0 Å². The van der Waals surface area contributed by atoms with Crippen LogP contribution in [0, 0.1) is 13.8 Å². The average Bonchev–Trinajstić information content (AvgIpc) is 2.55. The van der Waals surface area contributed by atoms with Crippen LogP contribution in [0.3, 0.4) is 0 Å². The second-order valence-electron chi connectivity index (χ2n) is 5.98. The lowest BCUT2D eigenvalue weighted by Crippen LogP contribution is -2.48. The molecule has 7 heteroatoms. The molecule has 0 atom stereocenters. The standard InChI is InChI=1S/C17H21N4O3/c1-5-20-12-8-10(2)11(3)9-13(12)21(6-7-22)15-14(20)16(23)19(4)17(24)18-15/h8-9,22H,5-7H2,1-4H3/q+1. The molecule has 2 aliphatic rings. The summed E-state index contributed by atoms with van der Waals surface area (Å²) in [5.74, 6) is 0.315. The minimum Gasteiger partial charge on any atom is -0.395 e. The molecule has 0 fully saturated rings. The quantitative estimate of drug-likeness (QED) is 0.546. The molecule has 7 nitrogen and oxygen atoms in total. The summed E-state index contributed by atoms with van der Waals surface area (Å²) in [6.45, 7) is 6.71. The van der Waals surface area contributed by atoms with Gasteiger partial charge in [-0.3, -0.25) is 9.36 Å². The van der Waals surface area contributed by atoms with Crippen LogP contribution in [0.1, 0.15) is 18.1 Å². The largest absolute Gasteiger partial charge is 0.395 e. The number of rotatable bonds is 3. The number of aliphatic hydroxyl groups excluding tert-OH is 1. The van der Waals surface area contributed by atoms with E-state index < -0.39 is 5.69 Å². The van der Waals surface area contributed by atoms with Crippen LogP contribution in [0.4, 0.5) is 0 Å². The van der Waals surface area contributed by atoms with Gasteiger partial charge in [0.25, 0.3) is 0 Å². The molecular formula is C17H21N4O3+. The number of fused-ring (bicyclic) bond motifs is 2. The minimum absolute atomic E-state index is 0.108. The summed E-state index contributed by atoms with van der Waals surface area (Å²) in [6.07, 6.45) is 0. The summed E-state index contributed by atoms with van der Waals surface area (Å²) in [6, 6.07) is 4.04. The van der Waals surface area contributed by atoms with Gasteiger partial charge in [-0.25, -0.2) is 4.79 Å². The molecule has 24 heavy (non-hydrogen) atoms. The lowest BCUT2D eigenvalue weighted by molar-refractivity contribution is -0.658. The van der Waals surface area contributed by atoms with Gasteiger partial charge in [0.1, 0.15) is 12.1 Å². The van der Waals surface area contributed by atoms with Gasteiger partial charge in [-0.05, 0) is 38.0 Å². The fourth-order valence-corrected chi connectivity index (χ4v) is 3.09. The Kier molecular flexibility index (Phi) is 3.96. The van der Waals surface area contributed by atoms with Crippen molar-refractivity contribution in [3.8, 4) is 11.5 Å². The first-order valence-corrected chi connectivity index (χ1v) is 7.95. The molecule has 0 spiro atoms. The number of benzene rings is 1. The van der Waals surface area contributed by atoms with Crippen molar-refractivity contribution in [2.75, 3.05) is 6.61 Å². The van der Waals surface area contributed by atoms with E-state index in [0.29, 0.717) is 18.1 Å². The molecule has 1 aromatic carbocycles. The molecule has 2 heterocycles. The van der Waals surface area contributed by atoms with Crippen LogP contribution >= 0.6 is 0 Å². The Morgan fingerprint density at radius 3 is 2.50 bits per heavy atom. The highest BCUT2D eigenvalue weighted by Gasteiger charge is 2.30. The van der Waals surface area contributed by atoms with Crippen molar-refractivity contribution in [1.82, 2.24) is 14.1 Å². The summed E-state index contributed by atoms with van der Waals surface area (Å²) in [5.41, 5.74) is 3.36. The van der Waals surface area contributed by atoms with Crippen LogP contribution in [0.2, 0.25) is 0 Å². The molecule has 2 aliphatic heterocycles.